The number of nitrogens with one attached hydrogen (secondary N) is 1. The van der Waals surface area contributed by atoms with Crippen molar-refractivity contribution in [2.45, 2.75) is 44.3 Å². The largest absolute Gasteiger partial charge is 0.480 e. The van der Waals surface area contributed by atoms with Gasteiger partial charge in [0.1, 0.15) is 12.1 Å². The summed E-state index contributed by atoms with van der Waals surface area (Å²) in [4.78, 5) is 47.7. The zero-order valence-electron chi connectivity index (χ0n) is 13.7. The van der Waals surface area contributed by atoms with Crippen molar-refractivity contribution in [2.24, 2.45) is 0 Å². The number of carboxylic acid groups (broad SMARTS) is 2. The van der Waals surface area contributed by atoms with E-state index in [0.717, 1.165) is 10.5 Å². The van der Waals surface area contributed by atoms with E-state index in [-0.39, 0.29) is 19.3 Å². The molecule has 3 N–H and O–H groups in total. The van der Waals surface area contributed by atoms with Gasteiger partial charge in [0.2, 0.25) is 11.8 Å². The number of rotatable bonds is 7. The molecule has 0 aromatic heterocycles. The van der Waals surface area contributed by atoms with Gasteiger partial charge in [0, 0.05) is 6.42 Å². The van der Waals surface area contributed by atoms with E-state index in [0.29, 0.717) is 0 Å². The molecule has 1 aliphatic rings. The minimum Gasteiger partial charge on any atom is -0.480 e. The summed E-state index contributed by atoms with van der Waals surface area (Å²) >= 11 is 0. The predicted molar refractivity (Wildman–Crippen MR) is 86.7 cm³/mol. The lowest BCUT2D eigenvalue weighted by molar-refractivity contribution is -0.155. The van der Waals surface area contributed by atoms with Crippen molar-refractivity contribution in [3.63, 3.8) is 0 Å². The molecule has 1 aromatic rings. The number of imide groups is 1. The number of carbonyl (C=O) groups is 4. The van der Waals surface area contributed by atoms with Crippen molar-refractivity contribution in [3.05, 3.63) is 35.9 Å². The number of nitrogens with zero attached hydrogens (tertiary/aromatic N) is 1. The summed E-state index contributed by atoms with van der Waals surface area (Å²) in [6.07, 6.45) is 0.213. The monoisotopic (exact) mass is 348 g/mol. The quantitative estimate of drug-likeness (QED) is 0.646. The van der Waals surface area contributed by atoms with Crippen LogP contribution in [0.2, 0.25) is 0 Å². The van der Waals surface area contributed by atoms with E-state index in [4.69, 9.17) is 5.11 Å². The van der Waals surface area contributed by atoms with E-state index in [2.05, 4.69) is 5.32 Å². The Hall–Kier alpha value is -2.74. The standard InChI is InChI=1S/C17H20N2O6/c1-10(15(21)19-13(17(24)25)7-8-14(19)20)18-12(16(22)23)9-11-5-3-2-4-6-11/h2-6,10,12-13,18H,7-9H2,1H3,(H,22,23)(H,24,25)/t10-,12?,13-/m0/s1. The molecule has 1 unspecified atom stereocenters. The first-order valence-electron chi connectivity index (χ1n) is 7.92. The van der Waals surface area contributed by atoms with E-state index in [1.807, 2.05) is 6.07 Å². The van der Waals surface area contributed by atoms with Crippen LogP contribution in [0, 0.1) is 0 Å². The van der Waals surface area contributed by atoms with Gasteiger partial charge in [-0.3, -0.25) is 24.6 Å². The van der Waals surface area contributed by atoms with Crippen molar-refractivity contribution < 1.29 is 29.4 Å². The molecule has 0 bridgehead atoms. The Kier molecular flexibility index (Phi) is 5.87. The second-order valence-corrected chi connectivity index (χ2v) is 5.96. The van der Waals surface area contributed by atoms with Crippen molar-refractivity contribution in [3.8, 4) is 0 Å². The summed E-state index contributed by atoms with van der Waals surface area (Å²) in [5.41, 5.74) is 0.780. The zero-order chi connectivity index (χ0) is 18.6. The number of amides is 2. The third-order valence-electron chi connectivity index (χ3n) is 4.14. The van der Waals surface area contributed by atoms with Crippen molar-refractivity contribution in [1.82, 2.24) is 10.2 Å². The lowest BCUT2D eigenvalue weighted by Crippen LogP contribution is -2.54. The van der Waals surface area contributed by atoms with Crippen LogP contribution in [-0.4, -0.2) is 57.0 Å². The number of benzene rings is 1. The number of hydrogen-bond donors (Lipinski definition) is 3. The van der Waals surface area contributed by atoms with Gasteiger partial charge in [0.15, 0.2) is 0 Å². The molecule has 8 heteroatoms. The fourth-order valence-electron chi connectivity index (χ4n) is 2.84. The minimum atomic E-state index is -1.24. The van der Waals surface area contributed by atoms with Crippen molar-refractivity contribution in [2.75, 3.05) is 0 Å². The first kappa shape index (κ1) is 18.6. The highest BCUT2D eigenvalue weighted by molar-refractivity contribution is 6.03. The van der Waals surface area contributed by atoms with Crippen LogP contribution in [0.3, 0.4) is 0 Å². The van der Waals surface area contributed by atoms with E-state index in [1.54, 1.807) is 24.3 Å². The molecule has 3 atom stereocenters. The lowest BCUT2D eigenvalue weighted by Gasteiger charge is -2.26. The van der Waals surface area contributed by atoms with Gasteiger partial charge >= 0.3 is 11.9 Å². The van der Waals surface area contributed by atoms with Crippen LogP contribution in [0.4, 0.5) is 0 Å². The fourth-order valence-corrected chi connectivity index (χ4v) is 2.84. The second kappa shape index (κ2) is 7.89. The van der Waals surface area contributed by atoms with Gasteiger partial charge in [0.25, 0.3) is 0 Å². The van der Waals surface area contributed by atoms with Crippen LogP contribution in [0.5, 0.6) is 0 Å². The van der Waals surface area contributed by atoms with Gasteiger partial charge in [-0.1, -0.05) is 30.3 Å². The molecule has 2 rings (SSSR count). The van der Waals surface area contributed by atoms with E-state index in [1.165, 1.54) is 6.92 Å². The second-order valence-electron chi connectivity index (χ2n) is 5.96. The first-order chi connectivity index (χ1) is 11.8. The van der Waals surface area contributed by atoms with Gasteiger partial charge in [-0.25, -0.2) is 4.79 Å². The Morgan fingerprint density at radius 3 is 2.44 bits per heavy atom. The smallest absolute Gasteiger partial charge is 0.326 e. The molecule has 2 amide bonds. The average molecular weight is 348 g/mol. The Morgan fingerprint density at radius 1 is 1.24 bits per heavy atom. The van der Waals surface area contributed by atoms with Gasteiger partial charge in [-0.2, -0.15) is 0 Å². The number of carbonyl (C=O) groups excluding carboxylic acids is 2. The molecular formula is C17H20N2O6. The summed E-state index contributed by atoms with van der Waals surface area (Å²) in [6, 6.07) is 5.68. The molecular weight excluding hydrogens is 328 g/mol. The maximum atomic E-state index is 12.5. The topological polar surface area (TPSA) is 124 Å². The fraction of sp³-hybridized carbons (Fsp3) is 0.412. The summed E-state index contributed by atoms with van der Waals surface area (Å²) in [6.45, 7) is 1.42. The number of hydrogen-bond acceptors (Lipinski definition) is 5. The van der Waals surface area contributed by atoms with E-state index in [9.17, 15) is 24.3 Å². The minimum absolute atomic E-state index is 0.0121. The molecule has 0 radical (unpaired) electrons. The third kappa shape index (κ3) is 4.42. The van der Waals surface area contributed by atoms with Crippen LogP contribution in [0.15, 0.2) is 30.3 Å². The molecule has 25 heavy (non-hydrogen) atoms. The van der Waals surface area contributed by atoms with Gasteiger partial charge < -0.3 is 10.2 Å². The van der Waals surface area contributed by atoms with Crippen molar-refractivity contribution >= 4 is 23.8 Å². The van der Waals surface area contributed by atoms with Crippen molar-refractivity contribution in [1.29, 1.82) is 0 Å². The molecule has 1 aromatic carbocycles. The van der Waals surface area contributed by atoms with E-state index < -0.39 is 41.9 Å². The van der Waals surface area contributed by atoms with Gasteiger partial charge in [-0.15, -0.1) is 0 Å². The summed E-state index contributed by atoms with van der Waals surface area (Å²) < 4.78 is 0. The Morgan fingerprint density at radius 2 is 1.88 bits per heavy atom. The number of likely N-dealkylation sites (tertiary alicyclic amines) is 1. The highest BCUT2D eigenvalue weighted by Gasteiger charge is 2.42. The average Bonchev–Trinajstić information content (AvgIpc) is 2.96. The zero-order valence-corrected chi connectivity index (χ0v) is 13.7. The summed E-state index contributed by atoms with van der Waals surface area (Å²) in [5.74, 6) is -3.66. The molecule has 1 fully saturated rings. The maximum Gasteiger partial charge on any atom is 0.326 e. The SMILES string of the molecule is C[C@H](NC(Cc1ccccc1)C(=O)O)C(=O)N1C(=O)CC[C@H]1C(=O)O. The van der Waals surface area contributed by atoms with Gasteiger partial charge in [0.05, 0.1) is 6.04 Å². The molecule has 0 spiro atoms. The third-order valence-corrected chi connectivity index (χ3v) is 4.14. The normalized spacial score (nSPS) is 19.5. The van der Waals surface area contributed by atoms with Crippen LogP contribution < -0.4 is 5.32 Å². The highest BCUT2D eigenvalue weighted by Crippen LogP contribution is 2.20. The number of aliphatic carboxylic acids is 2. The highest BCUT2D eigenvalue weighted by atomic mass is 16.4. The lowest BCUT2D eigenvalue weighted by atomic mass is 10.0. The number of carboxylic acids is 2. The molecule has 0 saturated carbocycles. The molecule has 1 heterocycles. The molecule has 134 valence electrons. The van der Waals surface area contributed by atoms with Crippen LogP contribution >= 0.6 is 0 Å². The summed E-state index contributed by atoms with van der Waals surface area (Å²) in [7, 11) is 0. The van der Waals surface area contributed by atoms with Crippen LogP contribution in [-0.2, 0) is 25.6 Å². The van der Waals surface area contributed by atoms with Gasteiger partial charge in [-0.05, 0) is 25.3 Å². The van der Waals surface area contributed by atoms with Crippen LogP contribution in [0.25, 0.3) is 0 Å². The predicted octanol–water partition coefficient (Wildman–Crippen LogP) is 0.263. The molecule has 1 saturated heterocycles. The summed E-state index contributed by atoms with van der Waals surface area (Å²) in [5, 5.41) is 21.2. The molecule has 8 nitrogen and oxygen atoms in total. The van der Waals surface area contributed by atoms with Crippen LogP contribution in [0.1, 0.15) is 25.3 Å². The molecule has 1 aliphatic heterocycles. The van der Waals surface area contributed by atoms with E-state index >= 15 is 0 Å². The maximum absolute atomic E-state index is 12.5. The molecule has 0 aliphatic carbocycles. The Balaban J connectivity index is 2.08. The Labute approximate surface area is 144 Å². The Bertz CT molecular complexity index is 675. The first-order valence-corrected chi connectivity index (χ1v) is 7.92.